The van der Waals surface area contributed by atoms with Gasteiger partial charge in [0.15, 0.2) is 5.16 Å². The second-order valence-electron chi connectivity index (χ2n) is 7.27. The van der Waals surface area contributed by atoms with Gasteiger partial charge in [0.2, 0.25) is 15.9 Å². The smallest absolute Gasteiger partial charge is 0.234 e. The molecular formula is C20H27N5O4S2. The largest absolute Gasteiger partial charge is 0.497 e. The van der Waals surface area contributed by atoms with Crippen molar-refractivity contribution in [3.8, 4) is 5.75 Å². The first kappa shape index (κ1) is 23.3. The van der Waals surface area contributed by atoms with Gasteiger partial charge >= 0.3 is 0 Å². The van der Waals surface area contributed by atoms with Crippen LogP contribution in [-0.2, 0) is 21.4 Å². The third kappa shape index (κ3) is 6.08. The Kier molecular flexibility index (Phi) is 7.74. The molecule has 1 aromatic carbocycles. The molecule has 1 amide bonds. The van der Waals surface area contributed by atoms with Gasteiger partial charge in [-0.15, -0.1) is 16.8 Å². The topological polar surface area (TPSA) is 106 Å². The molecule has 0 aliphatic carbocycles. The summed E-state index contributed by atoms with van der Waals surface area (Å²) in [5.74, 6) is 1.41. The number of nitrogens with one attached hydrogen (secondary N) is 1. The molecule has 2 aromatic rings. The number of anilines is 1. The van der Waals surface area contributed by atoms with E-state index in [4.69, 9.17) is 4.74 Å². The minimum absolute atomic E-state index is 0.0431. The Morgan fingerprint density at radius 2 is 2.10 bits per heavy atom. The Hall–Kier alpha value is -2.37. The molecule has 1 aliphatic heterocycles. The maximum Gasteiger partial charge on any atom is 0.234 e. The van der Waals surface area contributed by atoms with E-state index in [2.05, 4.69) is 22.1 Å². The number of nitrogens with zero attached hydrogens (tertiary/aromatic N) is 4. The highest BCUT2D eigenvalue weighted by molar-refractivity contribution is 7.99. The molecule has 1 fully saturated rings. The summed E-state index contributed by atoms with van der Waals surface area (Å²) >= 11 is 1.29. The van der Waals surface area contributed by atoms with Gasteiger partial charge in [-0.05, 0) is 37.1 Å². The Bertz CT molecular complexity index is 1020. The van der Waals surface area contributed by atoms with Crippen LogP contribution in [0.5, 0.6) is 5.75 Å². The number of rotatable bonds is 9. The molecule has 0 saturated carbocycles. The SMILES string of the molecule is C=CCn1c(SCC(=O)Nc2ccc(OC)cc2)nnc1[C@H]1CCCN(S(C)(=O)=O)C1. The van der Waals surface area contributed by atoms with E-state index in [1.54, 1.807) is 37.5 Å². The molecule has 9 nitrogen and oxygen atoms in total. The van der Waals surface area contributed by atoms with E-state index in [9.17, 15) is 13.2 Å². The molecule has 2 heterocycles. The van der Waals surface area contributed by atoms with E-state index in [0.717, 1.165) is 24.4 Å². The molecule has 0 spiro atoms. The van der Waals surface area contributed by atoms with Crippen molar-refractivity contribution in [2.24, 2.45) is 0 Å². The lowest BCUT2D eigenvalue weighted by Crippen LogP contribution is -2.39. The quantitative estimate of drug-likeness (QED) is 0.447. The summed E-state index contributed by atoms with van der Waals surface area (Å²) in [5.41, 5.74) is 0.683. The number of carbonyl (C=O) groups excluding carboxylic acids is 1. The number of piperidine rings is 1. The summed E-state index contributed by atoms with van der Waals surface area (Å²) in [5, 5.41) is 12.0. The highest BCUT2D eigenvalue weighted by Crippen LogP contribution is 2.29. The molecule has 0 unspecified atom stereocenters. The van der Waals surface area contributed by atoms with Crippen molar-refractivity contribution in [1.82, 2.24) is 19.1 Å². The first-order chi connectivity index (χ1) is 14.8. The van der Waals surface area contributed by atoms with Gasteiger partial charge in [-0.2, -0.15) is 0 Å². The van der Waals surface area contributed by atoms with Crippen LogP contribution in [0.4, 0.5) is 5.69 Å². The Balaban J connectivity index is 1.67. The Morgan fingerprint density at radius 1 is 1.35 bits per heavy atom. The zero-order valence-corrected chi connectivity index (χ0v) is 19.3. The fourth-order valence-corrected chi connectivity index (χ4v) is 5.13. The van der Waals surface area contributed by atoms with Crippen molar-refractivity contribution in [2.75, 3.05) is 37.5 Å². The summed E-state index contributed by atoms with van der Waals surface area (Å²) in [4.78, 5) is 12.4. The van der Waals surface area contributed by atoms with Crippen molar-refractivity contribution in [3.05, 3.63) is 42.7 Å². The first-order valence-electron chi connectivity index (χ1n) is 9.87. The number of sulfonamides is 1. The molecule has 1 aromatic heterocycles. The van der Waals surface area contributed by atoms with E-state index >= 15 is 0 Å². The van der Waals surface area contributed by atoms with E-state index < -0.39 is 10.0 Å². The lowest BCUT2D eigenvalue weighted by Gasteiger charge is -2.30. The van der Waals surface area contributed by atoms with E-state index in [0.29, 0.717) is 30.5 Å². The van der Waals surface area contributed by atoms with E-state index in [1.807, 2.05) is 4.57 Å². The van der Waals surface area contributed by atoms with Crippen LogP contribution in [0.15, 0.2) is 42.1 Å². The van der Waals surface area contributed by atoms with Crippen molar-refractivity contribution < 1.29 is 17.9 Å². The highest BCUT2D eigenvalue weighted by Gasteiger charge is 2.30. The average Bonchev–Trinajstić information content (AvgIpc) is 3.15. The van der Waals surface area contributed by atoms with Gasteiger partial charge in [0.05, 0.1) is 19.1 Å². The minimum atomic E-state index is -3.25. The number of hydrogen-bond acceptors (Lipinski definition) is 7. The average molecular weight is 466 g/mol. The Labute approximate surface area is 186 Å². The number of aromatic nitrogens is 3. The molecule has 3 rings (SSSR count). The lowest BCUT2D eigenvalue weighted by atomic mass is 9.99. The molecule has 1 saturated heterocycles. The van der Waals surface area contributed by atoms with Gasteiger partial charge in [-0.3, -0.25) is 4.79 Å². The summed E-state index contributed by atoms with van der Waals surface area (Å²) in [7, 11) is -1.66. The van der Waals surface area contributed by atoms with Gasteiger partial charge in [-0.25, -0.2) is 12.7 Å². The van der Waals surface area contributed by atoms with E-state index in [-0.39, 0.29) is 17.6 Å². The standard InChI is InChI=1S/C20H27N5O4S2/c1-4-11-25-19(15-6-5-12-24(13-15)31(3,27)28)22-23-20(25)30-14-18(26)21-16-7-9-17(29-2)10-8-16/h4,7-10,15H,1,5-6,11-14H2,2-3H3,(H,21,26)/t15-/m0/s1. The van der Waals surface area contributed by atoms with Crippen molar-refractivity contribution in [2.45, 2.75) is 30.5 Å². The van der Waals surface area contributed by atoms with Crippen LogP contribution in [0.2, 0.25) is 0 Å². The third-order valence-electron chi connectivity index (χ3n) is 4.98. The monoisotopic (exact) mass is 465 g/mol. The molecule has 31 heavy (non-hydrogen) atoms. The second-order valence-corrected chi connectivity index (χ2v) is 10.2. The number of ether oxygens (including phenoxy) is 1. The number of hydrogen-bond donors (Lipinski definition) is 1. The van der Waals surface area contributed by atoms with Crippen molar-refractivity contribution >= 4 is 33.4 Å². The Morgan fingerprint density at radius 3 is 2.74 bits per heavy atom. The number of allylic oxidation sites excluding steroid dienone is 1. The third-order valence-corrected chi connectivity index (χ3v) is 7.22. The number of carbonyl (C=O) groups is 1. The maximum absolute atomic E-state index is 12.4. The molecule has 1 N–H and O–H groups in total. The van der Waals surface area contributed by atoms with Crippen LogP contribution in [0, 0.1) is 0 Å². The van der Waals surface area contributed by atoms with Crippen molar-refractivity contribution in [1.29, 1.82) is 0 Å². The van der Waals surface area contributed by atoms with Crippen LogP contribution in [-0.4, -0.2) is 65.6 Å². The zero-order chi connectivity index (χ0) is 22.4. The predicted octanol–water partition coefficient (Wildman–Crippen LogP) is 2.34. The number of thioether (sulfide) groups is 1. The molecule has 0 bridgehead atoms. The minimum Gasteiger partial charge on any atom is -0.497 e. The zero-order valence-electron chi connectivity index (χ0n) is 17.7. The molecule has 11 heteroatoms. The molecule has 1 aliphatic rings. The van der Waals surface area contributed by atoms with Gasteiger partial charge in [0.1, 0.15) is 11.6 Å². The van der Waals surface area contributed by atoms with Gasteiger partial charge in [0.25, 0.3) is 0 Å². The van der Waals surface area contributed by atoms with Crippen LogP contribution in [0.1, 0.15) is 24.6 Å². The number of benzene rings is 1. The molecular weight excluding hydrogens is 438 g/mol. The lowest BCUT2D eigenvalue weighted by molar-refractivity contribution is -0.113. The summed E-state index contributed by atoms with van der Waals surface area (Å²) in [6.45, 7) is 5.20. The van der Waals surface area contributed by atoms with Crippen LogP contribution >= 0.6 is 11.8 Å². The fraction of sp³-hybridized carbons (Fsp3) is 0.450. The fourth-order valence-electron chi connectivity index (χ4n) is 3.47. The summed E-state index contributed by atoms with van der Waals surface area (Å²) < 4.78 is 32.4. The summed E-state index contributed by atoms with van der Waals surface area (Å²) in [6.07, 6.45) is 4.58. The van der Waals surface area contributed by atoms with Crippen LogP contribution in [0.3, 0.4) is 0 Å². The van der Waals surface area contributed by atoms with E-state index in [1.165, 1.54) is 22.3 Å². The number of amides is 1. The normalized spacial score (nSPS) is 17.3. The van der Waals surface area contributed by atoms with Gasteiger partial charge in [-0.1, -0.05) is 17.8 Å². The van der Waals surface area contributed by atoms with Crippen LogP contribution < -0.4 is 10.1 Å². The van der Waals surface area contributed by atoms with Gasteiger partial charge < -0.3 is 14.6 Å². The van der Waals surface area contributed by atoms with Crippen molar-refractivity contribution in [3.63, 3.8) is 0 Å². The molecule has 0 radical (unpaired) electrons. The first-order valence-corrected chi connectivity index (χ1v) is 12.7. The number of methoxy groups -OCH3 is 1. The maximum atomic E-state index is 12.4. The van der Waals surface area contributed by atoms with Crippen LogP contribution in [0.25, 0.3) is 0 Å². The molecule has 168 valence electrons. The second kappa shape index (κ2) is 10.3. The predicted molar refractivity (Wildman–Crippen MR) is 121 cm³/mol. The van der Waals surface area contributed by atoms with Gasteiger partial charge in [0, 0.05) is 31.2 Å². The summed E-state index contributed by atoms with van der Waals surface area (Å²) in [6, 6.07) is 7.10. The highest BCUT2D eigenvalue weighted by atomic mass is 32.2. The molecule has 1 atom stereocenters.